The van der Waals surface area contributed by atoms with Gasteiger partial charge in [0.2, 0.25) is 11.8 Å². The third-order valence-corrected chi connectivity index (χ3v) is 6.30. The topological polar surface area (TPSA) is 95.9 Å². The van der Waals surface area contributed by atoms with Gasteiger partial charge in [-0.1, -0.05) is 26.0 Å². The molecule has 2 aromatic carbocycles. The van der Waals surface area contributed by atoms with E-state index in [2.05, 4.69) is 5.32 Å². The summed E-state index contributed by atoms with van der Waals surface area (Å²) in [5.41, 5.74) is -0.731. The van der Waals surface area contributed by atoms with Crippen molar-refractivity contribution in [3.63, 3.8) is 0 Å². The lowest BCUT2D eigenvalue weighted by molar-refractivity contribution is -0.149. The van der Waals surface area contributed by atoms with Gasteiger partial charge < -0.3 is 9.84 Å². The van der Waals surface area contributed by atoms with E-state index in [-0.39, 0.29) is 18.0 Å². The van der Waals surface area contributed by atoms with Gasteiger partial charge in [-0.05, 0) is 54.3 Å². The van der Waals surface area contributed by atoms with E-state index in [4.69, 9.17) is 4.74 Å². The zero-order chi connectivity index (χ0) is 23.2. The van der Waals surface area contributed by atoms with Gasteiger partial charge in [-0.2, -0.15) is 0 Å². The third-order valence-electron chi connectivity index (χ3n) is 6.30. The minimum absolute atomic E-state index is 0.0499. The van der Waals surface area contributed by atoms with Crippen molar-refractivity contribution in [3.05, 3.63) is 59.9 Å². The standard InChI is InChI=1S/C24H25FN2O5/c1-13(2)12-24(23(30)31)19-18(20(26-24)14-5-4-6-17(11-14)32-3)21(28)27(22(19)29)16-9-7-15(25)8-10-16/h4-11,13,18-20,26H,12H2,1-3H3,(H,30,31)/t18-,19+,20+,24+/m1/s1. The predicted molar refractivity (Wildman–Crippen MR) is 115 cm³/mol. The van der Waals surface area contributed by atoms with Crippen molar-refractivity contribution in [2.75, 3.05) is 12.0 Å². The van der Waals surface area contributed by atoms with Gasteiger partial charge in [0.1, 0.15) is 17.1 Å². The maximum atomic E-state index is 13.6. The summed E-state index contributed by atoms with van der Waals surface area (Å²) in [5, 5.41) is 13.5. The Morgan fingerprint density at radius 1 is 1.19 bits per heavy atom. The number of ether oxygens (including phenoxy) is 1. The number of nitrogens with one attached hydrogen (secondary N) is 1. The first-order valence-corrected chi connectivity index (χ1v) is 10.5. The second-order valence-corrected chi connectivity index (χ2v) is 8.76. The molecule has 8 heteroatoms. The number of rotatable bonds is 6. The van der Waals surface area contributed by atoms with Gasteiger partial charge in [0.25, 0.3) is 0 Å². The average molecular weight is 440 g/mol. The molecule has 0 aromatic heterocycles. The van der Waals surface area contributed by atoms with Crippen LogP contribution < -0.4 is 15.0 Å². The van der Waals surface area contributed by atoms with Gasteiger partial charge in [0.05, 0.1) is 24.6 Å². The quantitative estimate of drug-likeness (QED) is 0.670. The molecule has 0 bridgehead atoms. The summed E-state index contributed by atoms with van der Waals surface area (Å²) >= 11 is 0. The Morgan fingerprint density at radius 3 is 2.47 bits per heavy atom. The Balaban J connectivity index is 1.86. The Labute approximate surface area is 185 Å². The van der Waals surface area contributed by atoms with Crippen molar-refractivity contribution >= 4 is 23.5 Å². The van der Waals surface area contributed by atoms with Gasteiger partial charge in [-0.25, -0.2) is 9.29 Å². The minimum Gasteiger partial charge on any atom is -0.497 e. The van der Waals surface area contributed by atoms with Crippen LogP contribution in [0.15, 0.2) is 48.5 Å². The number of carbonyl (C=O) groups excluding carboxylic acids is 2. The van der Waals surface area contributed by atoms with Gasteiger partial charge in [0, 0.05) is 6.04 Å². The molecule has 4 rings (SSSR count). The SMILES string of the molecule is COc1cccc([C@@H]2N[C@](CC(C)C)(C(=O)O)[C@@H]3C(=O)N(c4ccc(F)cc4)C(=O)[C@H]32)c1. The van der Waals surface area contributed by atoms with Crippen LogP contribution in [0.25, 0.3) is 0 Å². The van der Waals surface area contributed by atoms with Crippen LogP contribution in [0.3, 0.4) is 0 Å². The average Bonchev–Trinajstić information content (AvgIpc) is 3.23. The molecular formula is C24H25FN2O5. The summed E-state index contributed by atoms with van der Waals surface area (Å²) in [7, 11) is 1.52. The second-order valence-electron chi connectivity index (χ2n) is 8.76. The molecular weight excluding hydrogens is 415 g/mol. The van der Waals surface area contributed by atoms with Crippen LogP contribution >= 0.6 is 0 Å². The molecule has 2 amide bonds. The molecule has 32 heavy (non-hydrogen) atoms. The highest BCUT2D eigenvalue weighted by atomic mass is 19.1. The first-order valence-electron chi connectivity index (χ1n) is 10.5. The number of amides is 2. The number of carboxylic acid groups (broad SMARTS) is 1. The van der Waals surface area contributed by atoms with E-state index in [1.54, 1.807) is 24.3 Å². The highest BCUT2D eigenvalue weighted by Gasteiger charge is 2.68. The van der Waals surface area contributed by atoms with Crippen LogP contribution in [0, 0.1) is 23.6 Å². The summed E-state index contributed by atoms with van der Waals surface area (Å²) in [6.45, 7) is 3.75. The molecule has 2 aromatic rings. The molecule has 2 heterocycles. The Bertz CT molecular complexity index is 1070. The Hall–Kier alpha value is -3.26. The fraction of sp³-hybridized carbons (Fsp3) is 0.375. The lowest BCUT2D eigenvalue weighted by Gasteiger charge is -2.32. The summed E-state index contributed by atoms with van der Waals surface area (Å²) < 4.78 is 18.7. The van der Waals surface area contributed by atoms with E-state index in [1.165, 1.54) is 31.4 Å². The summed E-state index contributed by atoms with van der Waals surface area (Å²) in [4.78, 5) is 40.8. The number of carbonyl (C=O) groups is 3. The minimum atomic E-state index is -1.62. The third kappa shape index (κ3) is 3.35. The fourth-order valence-corrected chi connectivity index (χ4v) is 5.08. The van der Waals surface area contributed by atoms with Crippen LogP contribution in [0.2, 0.25) is 0 Å². The number of halogens is 1. The van der Waals surface area contributed by atoms with Crippen LogP contribution in [-0.4, -0.2) is 35.5 Å². The molecule has 0 unspecified atom stereocenters. The monoisotopic (exact) mass is 440 g/mol. The van der Waals surface area contributed by atoms with E-state index < -0.39 is 47.0 Å². The highest BCUT2D eigenvalue weighted by Crippen LogP contribution is 2.52. The first kappa shape index (κ1) is 22.0. The molecule has 2 fully saturated rings. The van der Waals surface area contributed by atoms with Crippen molar-refractivity contribution < 1.29 is 28.6 Å². The number of nitrogens with zero attached hydrogens (tertiary/aromatic N) is 1. The molecule has 7 nitrogen and oxygen atoms in total. The zero-order valence-corrected chi connectivity index (χ0v) is 18.0. The zero-order valence-electron chi connectivity index (χ0n) is 18.0. The maximum Gasteiger partial charge on any atom is 0.324 e. The molecule has 0 spiro atoms. The number of aliphatic carboxylic acids is 1. The molecule has 2 saturated heterocycles. The largest absolute Gasteiger partial charge is 0.497 e. The molecule has 2 N–H and O–H groups in total. The van der Waals surface area contributed by atoms with Crippen molar-refractivity contribution in [3.8, 4) is 5.75 Å². The van der Waals surface area contributed by atoms with Gasteiger partial charge in [0.15, 0.2) is 0 Å². The van der Waals surface area contributed by atoms with Crippen molar-refractivity contribution in [2.45, 2.75) is 31.8 Å². The Kier molecular flexibility index (Phi) is 5.50. The van der Waals surface area contributed by atoms with Gasteiger partial charge in [-0.3, -0.25) is 19.7 Å². The molecule has 2 aliphatic rings. The summed E-state index contributed by atoms with van der Waals surface area (Å²) in [5.74, 6) is -4.27. The van der Waals surface area contributed by atoms with Crippen molar-refractivity contribution in [2.24, 2.45) is 17.8 Å². The van der Waals surface area contributed by atoms with E-state index in [1.807, 2.05) is 13.8 Å². The van der Waals surface area contributed by atoms with Crippen LogP contribution in [0.4, 0.5) is 10.1 Å². The fourth-order valence-electron chi connectivity index (χ4n) is 5.08. The first-order chi connectivity index (χ1) is 15.2. The number of benzene rings is 2. The number of carboxylic acids is 1. The summed E-state index contributed by atoms with van der Waals surface area (Å²) in [6, 6.07) is 11.4. The van der Waals surface area contributed by atoms with Gasteiger partial charge in [-0.15, -0.1) is 0 Å². The van der Waals surface area contributed by atoms with Crippen molar-refractivity contribution in [1.82, 2.24) is 5.32 Å². The smallest absolute Gasteiger partial charge is 0.324 e. The van der Waals surface area contributed by atoms with Crippen LogP contribution in [0.5, 0.6) is 5.75 Å². The van der Waals surface area contributed by atoms with Crippen molar-refractivity contribution in [1.29, 1.82) is 0 Å². The summed E-state index contributed by atoms with van der Waals surface area (Å²) in [6.07, 6.45) is 0.167. The normalized spacial score (nSPS) is 27.2. The Morgan fingerprint density at radius 2 is 1.88 bits per heavy atom. The van der Waals surface area contributed by atoms with E-state index in [0.29, 0.717) is 11.3 Å². The maximum absolute atomic E-state index is 13.6. The van der Waals surface area contributed by atoms with E-state index in [0.717, 1.165) is 4.90 Å². The van der Waals surface area contributed by atoms with Crippen LogP contribution in [0.1, 0.15) is 31.9 Å². The molecule has 168 valence electrons. The molecule has 0 aliphatic carbocycles. The number of imide groups is 1. The predicted octanol–water partition coefficient (Wildman–Crippen LogP) is 3.15. The lowest BCUT2D eigenvalue weighted by atomic mass is 9.75. The second kappa shape index (κ2) is 8.02. The molecule has 2 aliphatic heterocycles. The lowest BCUT2D eigenvalue weighted by Crippen LogP contribution is -2.56. The molecule has 0 radical (unpaired) electrons. The number of hydrogen-bond donors (Lipinski definition) is 2. The molecule has 0 saturated carbocycles. The van der Waals surface area contributed by atoms with E-state index >= 15 is 0 Å². The number of fused-ring (bicyclic) bond motifs is 1. The number of hydrogen-bond acceptors (Lipinski definition) is 5. The highest BCUT2D eigenvalue weighted by molar-refractivity contribution is 6.24. The van der Waals surface area contributed by atoms with E-state index in [9.17, 15) is 23.9 Å². The van der Waals surface area contributed by atoms with Gasteiger partial charge >= 0.3 is 5.97 Å². The van der Waals surface area contributed by atoms with Crippen LogP contribution in [-0.2, 0) is 14.4 Å². The molecule has 4 atom stereocenters. The number of anilines is 1. The number of methoxy groups -OCH3 is 1.